The minimum atomic E-state index is -0.175. The van der Waals surface area contributed by atoms with E-state index in [0.717, 1.165) is 30.8 Å². The Bertz CT molecular complexity index is 849. The fourth-order valence-corrected chi connectivity index (χ4v) is 3.98. The van der Waals surface area contributed by atoms with Crippen molar-refractivity contribution in [2.45, 2.75) is 32.2 Å². The van der Waals surface area contributed by atoms with E-state index in [0.29, 0.717) is 18.7 Å². The minimum Gasteiger partial charge on any atom is -0.362 e. The highest BCUT2D eigenvalue weighted by Gasteiger charge is 2.31. The summed E-state index contributed by atoms with van der Waals surface area (Å²) >= 11 is 0. The Morgan fingerprint density at radius 3 is 2.69 bits per heavy atom. The van der Waals surface area contributed by atoms with Crippen molar-refractivity contribution >= 4 is 28.9 Å². The number of benzene rings is 2. The summed E-state index contributed by atoms with van der Waals surface area (Å²) in [4.78, 5) is 29.3. The maximum atomic E-state index is 13.3. The molecule has 0 bridgehead atoms. The second-order valence-electron chi connectivity index (χ2n) is 7.04. The largest absolute Gasteiger partial charge is 0.362 e. The quantitative estimate of drug-likeness (QED) is 0.906. The highest BCUT2D eigenvalue weighted by molar-refractivity contribution is 6.05. The molecule has 5 heteroatoms. The van der Waals surface area contributed by atoms with Gasteiger partial charge in [-0.05, 0) is 43.5 Å². The van der Waals surface area contributed by atoms with Crippen molar-refractivity contribution in [1.82, 2.24) is 0 Å². The van der Waals surface area contributed by atoms with Gasteiger partial charge in [0.1, 0.15) is 0 Å². The number of carbonyl (C=O) groups excluding carboxylic acids is 2. The third-order valence-corrected chi connectivity index (χ3v) is 5.16. The highest BCUT2D eigenvalue weighted by atomic mass is 16.2. The summed E-state index contributed by atoms with van der Waals surface area (Å²) in [5.74, 6) is -0.0262. The van der Waals surface area contributed by atoms with Crippen molar-refractivity contribution < 1.29 is 9.59 Å². The zero-order valence-corrected chi connectivity index (χ0v) is 14.9. The van der Waals surface area contributed by atoms with Crippen molar-refractivity contribution in [2.24, 2.45) is 0 Å². The summed E-state index contributed by atoms with van der Waals surface area (Å²) in [5.41, 5.74) is 3.93. The molecule has 0 radical (unpaired) electrons. The first-order chi connectivity index (χ1) is 12.6. The van der Waals surface area contributed by atoms with Gasteiger partial charge in [-0.1, -0.05) is 30.3 Å². The average Bonchev–Trinajstić information content (AvgIpc) is 2.76. The van der Waals surface area contributed by atoms with Gasteiger partial charge >= 0.3 is 0 Å². The number of nitrogens with zero attached hydrogens (tertiary/aromatic N) is 2. The van der Waals surface area contributed by atoms with E-state index in [4.69, 9.17) is 0 Å². The van der Waals surface area contributed by atoms with Crippen molar-refractivity contribution in [3.63, 3.8) is 0 Å². The topological polar surface area (TPSA) is 52.7 Å². The minimum absolute atomic E-state index is 0.0261. The number of anilines is 3. The smallest absolute Gasteiger partial charge is 0.246 e. The molecule has 2 aromatic rings. The molecule has 0 spiro atoms. The maximum absolute atomic E-state index is 13.3. The summed E-state index contributed by atoms with van der Waals surface area (Å²) < 4.78 is 0. The number of hydrogen-bond donors (Lipinski definition) is 1. The lowest BCUT2D eigenvalue weighted by Gasteiger charge is -2.34. The number of carbonyl (C=O) groups is 2. The van der Waals surface area contributed by atoms with Crippen LogP contribution in [0.1, 0.15) is 25.3 Å². The van der Waals surface area contributed by atoms with Crippen LogP contribution in [0.15, 0.2) is 48.5 Å². The van der Waals surface area contributed by atoms with Gasteiger partial charge in [-0.25, -0.2) is 0 Å². The highest BCUT2D eigenvalue weighted by Crippen LogP contribution is 2.32. The van der Waals surface area contributed by atoms with Crippen LogP contribution in [0.4, 0.5) is 17.1 Å². The van der Waals surface area contributed by atoms with E-state index < -0.39 is 0 Å². The Labute approximate surface area is 153 Å². The second-order valence-corrected chi connectivity index (χ2v) is 7.04. The van der Waals surface area contributed by atoms with Crippen LogP contribution in [-0.4, -0.2) is 30.9 Å². The Hall–Kier alpha value is -2.82. The van der Waals surface area contributed by atoms with Gasteiger partial charge in [-0.15, -0.1) is 0 Å². The van der Waals surface area contributed by atoms with E-state index >= 15 is 0 Å². The molecule has 2 aliphatic heterocycles. The lowest BCUT2D eigenvalue weighted by molar-refractivity contribution is -0.118. The predicted molar refractivity (Wildman–Crippen MR) is 104 cm³/mol. The molecule has 26 heavy (non-hydrogen) atoms. The van der Waals surface area contributed by atoms with Crippen molar-refractivity contribution in [2.75, 3.05) is 28.2 Å². The SMILES string of the molecule is C[C@H]1CC(=O)Nc2ccccc2N1C(=O)CN1CCCc2ccccc21. The predicted octanol–water partition coefficient (Wildman–Crippen LogP) is 3.20. The fraction of sp³-hybridized carbons (Fsp3) is 0.333. The molecule has 134 valence electrons. The normalized spacial score (nSPS) is 19.3. The number of fused-ring (bicyclic) bond motifs is 2. The molecule has 0 aliphatic carbocycles. The summed E-state index contributed by atoms with van der Waals surface area (Å²) in [5, 5.41) is 2.91. The maximum Gasteiger partial charge on any atom is 0.246 e. The van der Waals surface area contributed by atoms with E-state index in [9.17, 15) is 9.59 Å². The number of amides is 2. The molecule has 2 aliphatic rings. The van der Waals surface area contributed by atoms with Crippen LogP contribution in [0, 0.1) is 0 Å². The van der Waals surface area contributed by atoms with Gasteiger partial charge in [0.2, 0.25) is 11.8 Å². The van der Waals surface area contributed by atoms with E-state index in [-0.39, 0.29) is 17.9 Å². The molecule has 2 amide bonds. The van der Waals surface area contributed by atoms with E-state index in [2.05, 4.69) is 28.4 Å². The van der Waals surface area contributed by atoms with Crippen LogP contribution in [0.3, 0.4) is 0 Å². The van der Waals surface area contributed by atoms with Gasteiger partial charge < -0.3 is 15.1 Å². The lowest BCUT2D eigenvalue weighted by Crippen LogP contribution is -2.46. The molecule has 4 rings (SSSR count). The van der Waals surface area contributed by atoms with Gasteiger partial charge in [-0.3, -0.25) is 9.59 Å². The number of aryl methyl sites for hydroxylation is 1. The molecular formula is C21H23N3O2. The molecule has 1 N–H and O–H groups in total. The van der Waals surface area contributed by atoms with Crippen molar-refractivity contribution in [3.05, 3.63) is 54.1 Å². The van der Waals surface area contributed by atoms with Crippen LogP contribution < -0.4 is 15.1 Å². The third-order valence-electron chi connectivity index (χ3n) is 5.16. The fourth-order valence-electron chi connectivity index (χ4n) is 3.98. The monoisotopic (exact) mass is 349 g/mol. The molecule has 0 aromatic heterocycles. The van der Waals surface area contributed by atoms with Crippen molar-refractivity contribution in [3.8, 4) is 0 Å². The average molecular weight is 349 g/mol. The Kier molecular flexibility index (Phi) is 4.37. The first-order valence-electron chi connectivity index (χ1n) is 9.17. The number of para-hydroxylation sites is 3. The van der Waals surface area contributed by atoms with Crippen molar-refractivity contribution in [1.29, 1.82) is 0 Å². The summed E-state index contributed by atoms with van der Waals surface area (Å²) in [6, 6.07) is 15.7. The van der Waals surface area contributed by atoms with E-state index in [1.807, 2.05) is 37.3 Å². The van der Waals surface area contributed by atoms with Gasteiger partial charge in [0.25, 0.3) is 0 Å². The summed E-state index contributed by atoms with van der Waals surface area (Å²) in [6.45, 7) is 3.14. The Morgan fingerprint density at radius 2 is 1.85 bits per heavy atom. The third kappa shape index (κ3) is 3.05. The summed E-state index contributed by atoms with van der Waals surface area (Å²) in [6.07, 6.45) is 2.41. The molecule has 1 atom stereocenters. The van der Waals surface area contributed by atoms with Gasteiger partial charge in [0, 0.05) is 24.7 Å². The van der Waals surface area contributed by atoms with Crippen LogP contribution in [0.25, 0.3) is 0 Å². The molecular weight excluding hydrogens is 326 g/mol. The van der Waals surface area contributed by atoms with Crippen LogP contribution in [-0.2, 0) is 16.0 Å². The first kappa shape index (κ1) is 16.6. The van der Waals surface area contributed by atoms with Gasteiger partial charge in [0.05, 0.1) is 17.9 Å². The number of hydrogen-bond acceptors (Lipinski definition) is 3. The number of nitrogens with one attached hydrogen (secondary N) is 1. The molecule has 0 saturated heterocycles. The van der Waals surface area contributed by atoms with Crippen LogP contribution >= 0.6 is 0 Å². The lowest BCUT2D eigenvalue weighted by atomic mass is 10.0. The van der Waals surface area contributed by atoms with Crippen LogP contribution in [0.2, 0.25) is 0 Å². The Morgan fingerprint density at radius 1 is 1.12 bits per heavy atom. The molecule has 0 saturated carbocycles. The molecule has 5 nitrogen and oxygen atoms in total. The van der Waals surface area contributed by atoms with Gasteiger partial charge in [0.15, 0.2) is 0 Å². The van der Waals surface area contributed by atoms with E-state index in [1.54, 1.807) is 4.90 Å². The second kappa shape index (κ2) is 6.83. The first-order valence-corrected chi connectivity index (χ1v) is 9.17. The standard InChI is InChI=1S/C21H23N3O2/c1-15-13-20(25)22-17-9-3-5-11-19(17)24(15)21(26)14-23-12-6-8-16-7-2-4-10-18(16)23/h2-5,7,9-11,15H,6,8,12-14H2,1H3,(H,22,25)/t15-/m0/s1. The number of rotatable bonds is 2. The van der Waals surface area contributed by atoms with E-state index in [1.165, 1.54) is 5.56 Å². The summed E-state index contributed by atoms with van der Waals surface area (Å²) in [7, 11) is 0. The van der Waals surface area contributed by atoms with Gasteiger partial charge in [-0.2, -0.15) is 0 Å². The zero-order valence-electron chi connectivity index (χ0n) is 14.9. The Balaban J connectivity index is 1.63. The molecule has 2 heterocycles. The van der Waals surface area contributed by atoms with Crippen LogP contribution in [0.5, 0.6) is 0 Å². The molecule has 0 fully saturated rings. The zero-order chi connectivity index (χ0) is 18.1. The molecule has 0 unspecified atom stereocenters. The molecule has 2 aromatic carbocycles.